The first kappa shape index (κ1) is 17.3. The smallest absolute Gasteiger partial charge is 0.219 e. The summed E-state index contributed by atoms with van der Waals surface area (Å²) in [6.45, 7) is 5.63. The van der Waals surface area contributed by atoms with Gasteiger partial charge in [-0.25, -0.2) is 0 Å². The van der Waals surface area contributed by atoms with E-state index in [1.54, 1.807) is 6.92 Å². The van der Waals surface area contributed by atoms with Crippen molar-refractivity contribution in [3.63, 3.8) is 0 Å². The van der Waals surface area contributed by atoms with Gasteiger partial charge in [0.05, 0.1) is 18.1 Å². The lowest BCUT2D eigenvalue weighted by molar-refractivity contribution is -0.130. The number of fused-ring (bicyclic) bond motifs is 2. The summed E-state index contributed by atoms with van der Waals surface area (Å²) < 4.78 is 2.23. The quantitative estimate of drug-likeness (QED) is 0.703. The van der Waals surface area contributed by atoms with E-state index < -0.39 is 0 Å². The van der Waals surface area contributed by atoms with Crippen LogP contribution in [0.3, 0.4) is 0 Å². The average Bonchev–Trinajstić information content (AvgIpc) is 3.34. The molecule has 2 aliphatic heterocycles. The third kappa shape index (κ3) is 2.96. The van der Waals surface area contributed by atoms with E-state index in [0.717, 1.165) is 56.2 Å². The minimum absolute atomic E-state index is 0.0999. The molecule has 5 rings (SSSR count). The van der Waals surface area contributed by atoms with Gasteiger partial charge in [0.15, 0.2) is 11.6 Å². The first-order valence-corrected chi connectivity index (χ1v) is 9.95. The van der Waals surface area contributed by atoms with Crippen LogP contribution in [0.1, 0.15) is 43.0 Å². The fraction of sp³-hybridized carbons (Fsp3) is 0.429. The fourth-order valence-corrected chi connectivity index (χ4v) is 4.52. The van der Waals surface area contributed by atoms with Crippen molar-refractivity contribution in [3.8, 4) is 0 Å². The number of likely N-dealkylation sites (tertiary alicyclic amines) is 1. The molecular formula is C21H24N6O. The Morgan fingerprint density at radius 3 is 2.93 bits per heavy atom. The monoisotopic (exact) mass is 376 g/mol. The van der Waals surface area contributed by atoms with Crippen molar-refractivity contribution in [1.29, 1.82) is 0 Å². The zero-order valence-electron chi connectivity index (χ0n) is 16.1. The Balaban J connectivity index is 1.42. The molecular weight excluding hydrogens is 352 g/mol. The number of aromatic nitrogens is 4. The fourth-order valence-electron chi connectivity index (χ4n) is 4.52. The number of carbonyl (C=O) groups is 1. The Labute approximate surface area is 164 Å². The molecule has 7 nitrogen and oxygen atoms in total. The van der Waals surface area contributed by atoms with E-state index in [-0.39, 0.29) is 11.9 Å². The summed E-state index contributed by atoms with van der Waals surface area (Å²) in [5.74, 6) is 2.05. The van der Waals surface area contributed by atoms with E-state index >= 15 is 0 Å². The predicted octanol–water partition coefficient (Wildman–Crippen LogP) is 2.53. The topological polar surface area (TPSA) is 67.2 Å². The minimum atomic E-state index is 0.0999. The Morgan fingerprint density at radius 2 is 2.04 bits per heavy atom. The summed E-state index contributed by atoms with van der Waals surface area (Å²) in [6.07, 6.45) is 4.16. The van der Waals surface area contributed by atoms with Crippen LogP contribution in [0.4, 0.5) is 0 Å². The highest BCUT2D eigenvalue weighted by Crippen LogP contribution is 2.34. The molecule has 4 heterocycles. The number of pyridine rings is 1. The van der Waals surface area contributed by atoms with Gasteiger partial charge in [0.2, 0.25) is 5.91 Å². The van der Waals surface area contributed by atoms with Crippen molar-refractivity contribution in [3.05, 3.63) is 53.7 Å². The molecule has 2 aromatic heterocycles. The number of hydrogen-bond acceptors (Lipinski definition) is 5. The molecule has 144 valence electrons. The number of nitrogens with zero attached hydrogens (tertiary/aromatic N) is 6. The summed E-state index contributed by atoms with van der Waals surface area (Å²) in [5.41, 5.74) is 2.35. The number of rotatable bonds is 3. The molecule has 0 saturated carbocycles. The van der Waals surface area contributed by atoms with E-state index in [1.807, 2.05) is 17.2 Å². The maximum Gasteiger partial charge on any atom is 0.219 e. The van der Waals surface area contributed by atoms with Crippen LogP contribution < -0.4 is 0 Å². The summed E-state index contributed by atoms with van der Waals surface area (Å²) >= 11 is 0. The van der Waals surface area contributed by atoms with Crippen LogP contribution in [0.25, 0.3) is 10.9 Å². The van der Waals surface area contributed by atoms with Crippen LogP contribution in [0.15, 0.2) is 36.5 Å². The Morgan fingerprint density at radius 1 is 1.14 bits per heavy atom. The first-order chi connectivity index (χ1) is 13.7. The minimum Gasteiger partial charge on any atom is -0.334 e. The van der Waals surface area contributed by atoms with Gasteiger partial charge in [-0.15, -0.1) is 10.2 Å². The molecule has 0 N–H and O–H groups in total. The van der Waals surface area contributed by atoms with Crippen LogP contribution >= 0.6 is 0 Å². The molecule has 0 spiro atoms. The number of benzene rings is 1. The molecule has 7 heteroatoms. The molecule has 1 unspecified atom stereocenters. The van der Waals surface area contributed by atoms with Gasteiger partial charge in [0.25, 0.3) is 0 Å². The largest absolute Gasteiger partial charge is 0.334 e. The highest BCUT2D eigenvalue weighted by atomic mass is 16.2. The summed E-state index contributed by atoms with van der Waals surface area (Å²) in [5, 5.41) is 10.2. The molecule has 0 radical (unpaired) electrons. The van der Waals surface area contributed by atoms with Crippen LogP contribution in [0.5, 0.6) is 0 Å². The van der Waals surface area contributed by atoms with E-state index in [2.05, 4.69) is 48.9 Å². The van der Waals surface area contributed by atoms with Crippen molar-refractivity contribution >= 4 is 16.8 Å². The molecule has 3 aromatic rings. The van der Waals surface area contributed by atoms with Gasteiger partial charge in [-0.05, 0) is 37.1 Å². The van der Waals surface area contributed by atoms with E-state index in [9.17, 15) is 4.79 Å². The normalized spacial score (nSPS) is 19.9. The zero-order valence-corrected chi connectivity index (χ0v) is 16.1. The van der Waals surface area contributed by atoms with Gasteiger partial charge in [-0.2, -0.15) is 0 Å². The van der Waals surface area contributed by atoms with Crippen LogP contribution in [-0.2, 0) is 24.4 Å². The summed E-state index contributed by atoms with van der Waals surface area (Å²) in [6, 6.07) is 10.7. The Kier molecular flexibility index (Phi) is 4.31. The Hall–Kier alpha value is -2.80. The Bertz CT molecular complexity index is 1020. The predicted molar refractivity (Wildman–Crippen MR) is 105 cm³/mol. The molecule has 2 aliphatic rings. The summed E-state index contributed by atoms with van der Waals surface area (Å²) in [4.78, 5) is 20.5. The molecule has 1 saturated heterocycles. The zero-order chi connectivity index (χ0) is 19.1. The number of amides is 1. The second-order valence-corrected chi connectivity index (χ2v) is 7.68. The second kappa shape index (κ2) is 6.98. The van der Waals surface area contributed by atoms with Gasteiger partial charge < -0.3 is 9.47 Å². The summed E-state index contributed by atoms with van der Waals surface area (Å²) in [7, 11) is 0. The lowest BCUT2D eigenvalue weighted by atomic mass is 10.1. The van der Waals surface area contributed by atoms with Crippen LogP contribution in [-0.4, -0.2) is 48.5 Å². The number of para-hydroxylation sites is 1. The molecule has 1 atom stereocenters. The third-order valence-corrected chi connectivity index (χ3v) is 6.00. The van der Waals surface area contributed by atoms with Gasteiger partial charge in [-0.1, -0.05) is 18.2 Å². The average molecular weight is 376 g/mol. The standard InChI is InChI=1S/C21H24N6O/c1-15(28)25-11-12-27-20(14-25)23-24-21(27)19-7-4-10-26(19)13-16-8-9-22-18-6-3-2-5-17(16)18/h2-3,5-6,8-9,19H,4,7,10-14H2,1H3. The van der Waals surface area contributed by atoms with Gasteiger partial charge in [0, 0.05) is 38.1 Å². The highest BCUT2D eigenvalue weighted by Gasteiger charge is 2.33. The maximum absolute atomic E-state index is 11.7. The number of hydrogen-bond donors (Lipinski definition) is 0. The van der Waals surface area contributed by atoms with E-state index in [4.69, 9.17) is 0 Å². The van der Waals surface area contributed by atoms with Gasteiger partial charge >= 0.3 is 0 Å². The van der Waals surface area contributed by atoms with E-state index in [1.165, 1.54) is 10.9 Å². The van der Waals surface area contributed by atoms with Gasteiger partial charge in [0.1, 0.15) is 0 Å². The van der Waals surface area contributed by atoms with Crippen molar-refractivity contribution in [2.75, 3.05) is 13.1 Å². The molecule has 0 bridgehead atoms. The lowest BCUT2D eigenvalue weighted by Crippen LogP contribution is -2.38. The van der Waals surface area contributed by atoms with Crippen molar-refractivity contribution < 1.29 is 4.79 Å². The van der Waals surface area contributed by atoms with Crippen LogP contribution in [0.2, 0.25) is 0 Å². The second-order valence-electron chi connectivity index (χ2n) is 7.68. The molecule has 28 heavy (non-hydrogen) atoms. The van der Waals surface area contributed by atoms with Gasteiger partial charge in [-0.3, -0.25) is 14.7 Å². The molecule has 1 fully saturated rings. The third-order valence-electron chi connectivity index (χ3n) is 6.00. The number of carbonyl (C=O) groups excluding carboxylic acids is 1. The molecule has 0 aliphatic carbocycles. The molecule has 1 aromatic carbocycles. The lowest BCUT2D eigenvalue weighted by Gasteiger charge is -2.29. The first-order valence-electron chi connectivity index (χ1n) is 9.95. The maximum atomic E-state index is 11.7. The van der Waals surface area contributed by atoms with Crippen molar-refractivity contribution in [2.45, 2.75) is 45.4 Å². The SMILES string of the molecule is CC(=O)N1CCn2c(nnc2C2CCCN2Cc2ccnc3ccccc23)C1. The highest BCUT2D eigenvalue weighted by molar-refractivity contribution is 5.81. The van der Waals surface area contributed by atoms with Crippen LogP contribution in [0, 0.1) is 0 Å². The molecule has 1 amide bonds. The van der Waals surface area contributed by atoms with E-state index in [0.29, 0.717) is 6.54 Å². The van der Waals surface area contributed by atoms with Crippen molar-refractivity contribution in [1.82, 2.24) is 29.5 Å². The van der Waals surface area contributed by atoms with Crippen molar-refractivity contribution in [2.24, 2.45) is 0 Å².